The van der Waals surface area contributed by atoms with Crippen molar-refractivity contribution in [2.45, 2.75) is 38.5 Å². The summed E-state index contributed by atoms with van der Waals surface area (Å²) in [5.41, 5.74) is 5.40. The van der Waals surface area contributed by atoms with Crippen molar-refractivity contribution in [1.29, 1.82) is 0 Å². The van der Waals surface area contributed by atoms with E-state index in [4.69, 9.17) is 5.73 Å². The molecule has 0 bridgehead atoms. The van der Waals surface area contributed by atoms with Crippen LogP contribution >= 0.6 is 0 Å². The third-order valence-electron chi connectivity index (χ3n) is 2.05. The molecule has 0 unspecified atom stereocenters. The van der Waals surface area contributed by atoms with E-state index in [-0.39, 0.29) is 0 Å². The number of nitrogens with zero attached hydrogens (tertiary/aromatic N) is 4. The average Bonchev–Trinajstić information content (AvgIpc) is 2.25. The largest absolute Gasteiger partial charge is 0.330 e. The predicted molar refractivity (Wildman–Crippen MR) is 53.5 cm³/mol. The Bertz CT molecular complexity index is 226. The van der Waals surface area contributed by atoms with E-state index in [2.05, 4.69) is 20.4 Å². The first-order valence-electron chi connectivity index (χ1n) is 5.13. The van der Waals surface area contributed by atoms with Crippen molar-refractivity contribution in [2.24, 2.45) is 5.73 Å². The van der Waals surface area contributed by atoms with Crippen molar-refractivity contribution in [3.8, 4) is 0 Å². The summed E-state index contributed by atoms with van der Waals surface area (Å²) in [5, 5.41) is 15.1. The Morgan fingerprint density at radius 2 is 1.57 bits per heavy atom. The first-order chi connectivity index (χ1) is 6.93. The molecule has 1 aromatic rings. The van der Waals surface area contributed by atoms with E-state index in [1.54, 1.807) is 0 Å². The van der Waals surface area contributed by atoms with Crippen molar-refractivity contribution >= 4 is 0 Å². The lowest BCUT2D eigenvalue weighted by Crippen LogP contribution is -1.99. The van der Waals surface area contributed by atoms with Crippen LogP contribution in [0.4, 0.5) is 0 Å². The molecule has 0 aliphatic carbocycles. The zero-order chi connectivity index (χ0) is 10.1. The maximum Gasteiger partial charge on any atom is 0.173 e. The van der Waals surface area contributed by atoms with E-state index < -0.39 is 0 Å². The molecule has 1 rings (SSSR count). The first kappa shape index (κ1) is 11.0. The van der Waals surface area contributed by atoms with Crippen molar-refractivity contribution in [1.82, 2.24) is 20.4 Å². The van der Waals surface area contributed by atoms with Gasteiger partial charge in [0.2, 0.25) is 0 Å². The van der Waals surface area contributed by atoms with Gasteiger partial charge in [-0.2, -0.15) is 0 Å². The number of aryl methyl sites for hydroxylation is 1. The third-order valence-corrected chi connectivity index (χ3v) is 2.05. The summed E-state index contributed by atoms with van der Waals surface area (Å²) in [5.74, 6) is 0.742. The number of rotatable bonds is 7. The van der Waals surface area contributed by atoms with Gasteiger partial charge < -0.3 is 5.73 Å². The minimum absolute atomic E-state index is 0.742. The summed E-state index contributed by atoms with van der Waals surface area (Å²) in [6.07, 6.45) is 8.14. The Labute approximate surface area is 84.1 Å². The molecule has 0 aromatic carbocycles. The minimum atomic E-state index is 0.742. The zero-order valence-electron chi connectivity index (χ0n) is 8.39. The number of aromatic nitrogens is 4. The fraction of sp³-hybridized carbons (Fsp3) is 0.778. The smallest absolute Gasteiger partial charge is 0.173 e. The minimum Gasteiger partial charge on any atom is -0.330 e. The molecule has 1 aromatic heterocycles. The van der Waals surface area contributed by atoms with Gasteiger partial charge in [0, 0.05) is 6.42 Å². The molecule has 0 aliphatic rings. The van der Waals surface area contributed by atoms with Crippen LogP contribution in [0.2, 0.25) is 0 Å². The summed E-state index contributed by atoms with van der Waals surface area (Å²) >= 11 is 0. The number of nitrogens with two attached hydrogens (primary N) is 1. The Balaban J connectivity index is 1.99. The van der Waals surface area contributed by atoms with Crippen LogP contribution in [0.3, 0.4) is 0 Å². The number of hydrogen-bond acceptors (Lipinski definition) is 5. The monoisotopic (exact) mass is 195 g/mol. The summed E-state index contributed by atoms with van der Waals surface area (Å²) in [7, 11) is 0. The van der Waals surface area contributed by atoms with Gasteiger partial charge in [-0.1, -0.05) is 19.3 Å². The molecule has 1 heterocycles. The molecule has 0 saturated carbocycles. The molecule has 14 heavy (non-hydrogen) atoms. The highest BCUT2D eigenvalue weighted by Gasteiger charge is 1.96. The van der Waals surface area contributed by atoms with E-state index in [1.807, 2.05) is 0 Å². The lowest BCUT2D eigenvalue weighted by atomic mass is 10.1. The maximum atomic E-state index is 5.40. The molecule has 0 saturated heterocycles. The van der Waals surface area contributed by atoms with Crippen molar-refractivity contribution in [3.63, 3.8) is 0 Å². The van der Waals surface area contributed by atoms with Gasteiger partial charge >= 0.3 is 0 Å². The topological polar surface area (TPSA) is 77.6 Å². The molecule has 78 valence electrons. The number of unbranched alkanes of at least 4 members (excludes halogenated alkanes) is 4. The molecule has 0 spiro atoms. The molecule has 5 heteroatoms. The summed E-state index contributed by atoms with van der Waals surface area (Å²) in [4.78, 5) is 0. The van der Waals surface area contributed by atoms with Gasteiger partial charge in [-0.25, -0.2) is 0 Å². The van der Waals surface area contributed by atoms with Crippen LogP contribution in [-0.2, 0) is 6.42 Å². The van der Waals surface area contributed by atoms with Crippen molar-refractivity contribution in [3.05, 3.63) is 12.2 Å². The van der Waals surface area contributed by atoms with E-state index >= 15 is 0 Å². The highest BCUT2D eigenvalue weighted by atomic mass is 15.3. The standard InChI is InChI=1S/C9H17N5/c10-7-5-3-1-2-4-6-9-13-11-8-12-14-9/h8H,1-7,10H2. The number of hydrogen-bond donors (Lipinski definition) is 1. The maximum absolute atomic E-state index is 5.40. The Kier molecular flexibility index (Phi) is 5.74. The Hall–Kier alpha value is -1.10. The molecule has 2 N–H and O–H groups in total. The van der Waals surface area contributed by atoms with Crippen LogP contribution in [0.25, 0.3) is 0 Å². The average molecular weight is 195 g/mol. The predicted octanol–water partition coefficient (Wildman–Crippen LogP) is 0.718. The van der Waals surface area contributed by atoms with Crippen LogP contribution in [0.1, 0.15) is 37.9 Å². The summed E-state index contributed by atoms with van der Waals surface area (Å²) < 4.78 is 0. The second-order valence-electron chi connectivity index (χ2n) is 3.27. The van der Waals surface area contributed by atoms with Gasteiger partial charge in [-0.15, -0.1) is 20.4 Å². The highest BCUT2D eigenvalue weighted by molar-refractivity contribution is 4.75. The third kappa shape index (κ3) is 4.81. The summed E-state index contributed by atoms with van der Waals surface area (Å²) in [6.45, 7) is 0.801. The second kappa shape index (κ2) is 7.32. The Morgan fingerprint density at radius 1 is 0.929 bits per heavy atom. The van der Waals surface area contributed by atoms with Crippen LogP contribution in [0.5, 0.6) is 0 Å². The van der Waals surface area contributed by atoms with Gasteiger partial charge in [-0.3, -0.25) is 0 Å². The fourth-order valence-corrected chi connectivity index (χ4v) is 1.29. The normalized spacial score (nSPS) is 10.4. The molecular weight excluding hydrogens is 178 g/mol. The van der Waals surface area contributed by atoms with E-state index in [9.17, 15) is 0 Å². The van der Waals surface area contributed by atoms with Gasteiger partial charge in [0.05, 0.1) is 0 Å². The van der Waals surface area contributed by atoms with E-state index in [0.29, 0.717) is 0 Å². The second-order valence-corrected chi connectivity index (χ2v) is 3.27. The van der Waals surface area contributed by atoms with Crippen LogP contribution in [0, 0.1) is 0 Å². The first-order valence-corrected chi connectivity index (χ1v) is 5.13. The Morgan fingerprint density at radius 3 is 2.29 bits per heavy atom. The van der Waals surface area contributed by atoms with Crippen LogP contribution in [-0.4, -0.2) is 26.9 Å². The lowest BCUT2D eigenvalue weighted by molar-refractivity contribution is 0.601. The van der Waals surface area contributed by atoms with Crippen LogP contribution in [0.15, 0.2) is 6.33 Å². The lowest BCUT2D eigenvalue weighted by Gasteiger charge is -1.98. The van der Waals surface area contributed by atoms with Gasteiger partial charge in [0.25, 0.3) is 0 Å². The molecule has 0 atom stereocenters. The molecule has 0 radical (unpaired) electrons. The van der Waals surface area contributed by atoms with Gasteiger partial charge in [0.1, 0.15) is 0 Å². The van der Waals surface area contributed by atoms with Crippen molar-refractivity contribution in [2.75, 3.05) is 6.54 Å². The molecule has 0 fully saturated rings. The molecule has 5 nitrogen and oxygen atoms in total. The van der Waals surface area contributed by atoms with Crippen molar-refractivity contribution < 1.29 is 0 Å². The molecule has 0 amide bonds. The van der Waals surface area contributed by atoms with E-state index in [0.717, 1.165) is 31.6 Å². The van der Waals surface area contributed by atoms with Gasteiger partial charge in [0.15, 0.2) is 12.2 Å². The van der Waals surface area contributed by atoms with E-state index in [1.165, 1.54) is 25.6 Å². The highest BCUT2D eigenvalue weighted by Crippen LogP contribution is 2.04. The molecular formula is C9H17N5. The van der Waals surface area contributed by atoms with Gasteiger partial charge in [-0.05, 0) is 19.4 Å². The molecule has 0 aliphatic heterocycles. The van der Waals surface area contributed by atoms with Crippen LogP contribution < -0.4 is 5.73 Å². The SMILES string of the molecule is NCCCCCCCc1nncnn1. The zero-order valence-corrected chi connectivity index (χ0v) is 8.39. The fourth-order valence-electron chi connectivity index (χ4n) is 1.29. The quantitative estimate of drug-likeness (QED) is 0.648. The summed E-state index contributed by atoms with van der Waals surface area (Å²) in [6, 6.07) is 0.